The first kappa shape index (κ1) is 25.2. The van der Waals surface area contributed by atoms with Gasteiger partial charge in [-0.05, 0) is 19.4 Å². The van der Waals surface area contributed by atoms with Gasteiger partial charge in [-0.1, -0.05) is 71.4 Å². The van der Waals surface area contributed by atoms with Crippen molar-refractivity contribution in [3.63, 3.8) is 0 Å². The fourth-order valence-electron chi connectivity index (χ4n) is 2.47. The summed E-state index contributed by atoms with van der Waals surface area (Å²) >= 11 is 3.65. The highest BCUT2D eigenvalue weighted by atomic mass is 32.1. The number of carbonyl (C=O) groups excluding carboxylic acids is 1. The number of hydrogen-bond acceptors (Lipinski definition) is 3. The number of amides is 1. The number of alkyl halides is 3. The standard InChI is InChI=1S/C12H24F3N.C6H10N2OS/c1-2-3-4-5-6-7-8-9-10-16-11-12(13,14)15;1-2-5-3-7-8(4-5)6(9)10/h16H,2-11H2,1H3;3,5H,2,4H2,1H3,(H,9,10). The number of nitrogens with one attached hydrogen (secondary N) is 1. The van der Waals surface area contributed by atoms with Crippen LogP contribution in [0.2, 0.25) is 0 Å². The van der Waals surface area contributed by atoms with Crippen molar-refractivity contribution in [2.75, 3.05) is 19.6 Å². The van der Waals surface area contributed by atoms with Gasteiger partial charge in [0, 0.05) is 12.1 Å². The number of halogens is 3. The van der Waals surface area contributed by atoms with Gasteiger partial charge in [-0.15, -0.1) is 0 Å². The topological polar surface area (TPSA) is 44.7 Å². The van der Waals surface area contributed by atoms with Gasteiger partial charge in [0.2, 0.25) is 0 Å². The first-order valence-electron chi connectivity index (χ1n) is 9.62. The van der Waals surface area contributed by atoms with E-state index in [-0.39, 0.29) is 5.24 Å². The summed E-state index contributed by atoms with van der Waals surface area (Å²) in [6.45, 7) is 4.58. The molecule has 0 radical (unpaired) electrons. The molecule has 1 rings (SSSR count). The summed E-state index contributed by atoms with van der Waals surface area (Å²) < 4.78 is 35.2. The molecule has 0 saturated heterocycles. The predicted octanol–water partition coefficient (Wildman–Crippen LogP) is 5.64. The fourth-order valence-corrected chi connectivity index (χ4v) is 2.60. The van der Waals surface area contributed by atoms with Crippen molar-refractivity contribution < 1.29 is 18.0 Å². The van der Waals surface area contributed by atoms with E-state index >= 15 is 0 Å². The SMILES string of the molecule is CCC1C=NN(C(=O)S)C1.CCCCCCCCCCNCC(F)(F)F. The number of carbonyl (C=O) groups is 1. The Morgan fingerprint density at radius 1 is 1.15 bits per heavy atom. The lowest BCUT2D eigenvalue weighted by Crippen LogP contribution is -2.29. The highest BCUT2D eigenvalue weighted by molar-refractivity contribution is 7.96. The maximum absolute atomic E-state index is 11.7. The van der Waals surface area contributed by atoms with Gasteiger partial charge in [-0.25, -0.2) is 5.01 Å². The van der Waals surface area contributed by atoms with Crippen LogP contribution in [0.15, 0.2) is 5.10 Å². The second kappa shape index (κ2) is 15.3. The lowest BCUT2D eigenvalue weighted by Gasteiger charge is -2.08. The predicted molar refractivity (Wildman–Crippen MR) is 105 cm³/mol. The second-order valence-electron chi connectivity index (χ2n) is 6.56. The van der Waals surface area contributed by atoms with Gasteiger partial charge >= 0.3 is 6.18 Å². The lowest BCUT2D eigenvalue weighted by atomic mass is 10.1. The summed E-state index contributed by atoms with van der Waals surface area (Å²) in [5, 5.41) is 7.38. The van der Waals surface area contributed by atoms with Crippen LogP contribution in [0.1, 0.15) is 71.6 Å². The Labute approximate surface area is 161 Å². The first-order chi connectivity index (χ1) is 12.3. The monoisotopic (exact) mass is 397 g/mol. The van der Waals surface area contributed by atoms with Crippen LogP contribution in [0.3, 0.4) is 0 Å². The molecule has 26 heavy (non-hydrogen) atoms. The maximum atomic E-state index is 11.7. The Bertz CT molecular complexity index is 392. The average molecular weight is 398 g/mol. The van der Waals surface area contributed by atoms with Gasteiger partial charge in [0.05, 0.1) is 13.1 Å². The van der Waals surface area contributed by atoms with Gasteiger partial charge in [-0.2, -0.15) is 18.3 Å². The van der Waals surface area contributed by atoms with E-state index in [4.69, 9.17) is 0 Å². The highest BCUT2D eigenvalue weighted by Gasteiger charge is 2.25. The van der Waals surface area contributed by atoms with E-state index in [0.29, 0.717) is 19.0 Å². The van der Waals surface area contributed by atoms with Crippen LogP contribution in [-0.4, -0.2) is 42.3 Å². The maximum Gasteiger partial charge on any atom is 0.401 e. The molecule has 4 nitrogen and oxygen atoms in total. The molecule has 0 fully saturated rings. The van der Waals surface area contributed by atoms with Crippen LogP contribution in [0, 0.1) is 5.92 Å². The van der Waals surface area contributed by atoms with Crippen molar-refractivity contribution in [2.24, 2.45) is 11.0 Å². The molecule has 0 aliphatic carbocycles. The molecule has 0 saturated carbocycles. The molecule has 0 aromatic rings. The number of thiol groups is 1. The zero-order chi connectivity index (χ0) is 19.8. The Hall–Kier alpha value is -0.760. The molecule has 1 amide bonds. The summed E-state index contributed by atoms with van der Waals surface area (Å²) in [6.07, 6.45) is 8.13. The third-order valence-corrected chi connectivity index (χ3v) is 4.33. The van der Waals surface area contributed by atoms with E-state index in [0.717, 1.165) is 25.7 Å². The summed E-state index contributed by atoms with van der Waals surface area (Å²) in [6, 6.07) is 0. The van der Waals surface area contributed by atoms with Crippen molar-refractivity contribution in [3.8, 4) is 0 Å². The lowest BCUT2D eigenvalue weighted by molar-refractivity contribution is -0.124. The first-order valence-corrected chi connectivity index (χ1v) is 10.1. The summed E-state index contributed by atoms with van der Waals surface area (Å²) in [4.78, 5) is 10.6. The molecule has 1 aliphatic rings. The van der Waals surface area contributed by atoms with Gasteiger partial charge in [0.25, 0.3) is 5.24 Å². The molecule has 0 aromatic heterocycles. The molecular weight excluding hydrogens is 363 g/mol. The second-order valence-corrected chi connectivity index (χ2v) is 6.95. The molecule has 1 unspecified atom stereocenters. The van der Waals surface area contributed by atoms with E-state index < -0.39 is 12.7 Å². The molecule has 8 heteroatoms. The van der Waals surface area contributed by atoms with Crippen molar-refractivity contribution in [2.45, 2.75) is 77.8 Å². The van der Waals surface area contributed by atoms with Crippen LogP contribution in [0.4, 0.5) is 18.0 Å². The minimum Gasteiger partial charge on any atom is -0.309 e. The Morgan fingerprint density at radius 3 is 2.15 bits per heavy atom. The average Bonchev–Trinajstić information content (AvgIpc) is 3.06. The zero-order valence-corrected chi connectivity index (χ0v) is 16.9. The van der Waals surface area contributed by atoms with E-state index in [1.807, 2.05) is 0 Å². The molecule has 0 bridgehead atoms. The normalized spacial score (nSPS) is 16.5. The Kier molecular flexibility index (Phi) is 14.9. The van der Waals surface area contributed by atoms with E-state index in [9.17, 15) is 18.0 Å². The third-order valence-electron chi connectivity index (χ3n) is 4.10. The molecule has 1 atom stereocenters. The Balaban J connectivity index is 0.000000531. The van der Waals surface area contributed by atoms with Crippen LogP contribution in [0.25, 0.3) is 0 Å². The molecule has 0 spiro atoms. The van der Waals surface area contributed by atoms with Gasteiger partial charge in [0.15, 0.2) is 0 Å². The summed E-state index contributed by atoms with van der Waals surface area (Å²) in [5.74, 6) is 0.427. The smallest absolute Gasteiger partial charge is 0.309 e. The number of hydrogen-bond donors (Lipinski definition) is 2. The highest BCUT2D eigenvalue weighted by Crippen LogP contribution is 2.13. The van der Waals surface area contributed by atoms with Crippen LogP contribution >= 0.6 is 12.6 Å². The quantitative estimate of drug-likeness (QED) is 0.350. The molecule has 0 aromatic carbocycles. The number of unbranched alkanes of at least 4 members (excludes halogenated alkanes) is 7. The van der Waals surface area contributed by atoms with Crippen LogP contribution in [0.5, 0.6) is 0 Å². The van der Waals surface area contributed by atoms with Crippen LogP contribution in [-0.2, 0) is 0 Å². The minimum absolute atomic E-state index is 0.271. The molecule has 1 aliphatic heterocycles. The van der Waals surface area contributed by atoms with Crippen molar-refractivity contribution in [1.29, 1.82) is 0 Å². The molecule has 1 heterocycles. The summed E-state index contributed by atoms with van der Waals surface area (Å²) in [7, 11) is 0. The molecule has 154 valence electrons. The van der Waals surface area contributed by atoms with Crippen molar-refractivity contribution >= 4 is 24.1 Å². The van der Waals surface area contributed by atoms with Crippen molar-refractivity contribution in [1.82, 2.24) is 10.3 Å². The third kappa shape index (κ3) is 15.5. The zero-order valence-electron chi connectivity index (χ0n) is 16.0. The van der Waals surface area contributed by atoms with Crippen LogP contribution < -0.4 is 5.32 Å². The van der Waals surface area contributed by atoms with Crippen molar-refractivity contribution in [3.05, 3.63) is 0 Å². The molecule has 1 N–H and O–H groups in total. The Morgan fingerprint density at radius 2 is 1.73 bits per heavy atom. The van der Waals surface area contributed by atoms with E-state index in [1.54, 1.807) is 6.21 Å². The van der Waals surface area contributed by atoms with Gasteiger partial charge in [-0.3, -0.25) is 4.79 Å². The number of hydrazone groups is 1. The number of rotatable bonds is 11. The van der Waals surface area contributed by atoms with E-state index in [2.05, 4.69) is 36.9 Å². The minimum atomic E-state index is -4.07. The van der Waals surface area contributed by atoms with Gasteiger partial charge in [0.1, 0.15) is 0 Å². The fraction of sp³-hybridized carbons (Fsp3) is 0.889. The van der Waals surface area contributed by atoms with Gasteiger partial charge < -0.3 is 5.32 Å². The summed E-state index contributed by atoms with van der Waals surface area (Å²) in [5.41, 5.74) is 0. The molecular formula is C18H34F3N3OS. The number of nitrogens with zero attached hydrogens (tertiary/aromatic N) is 2. The largest absolute Gasteiger partial charge is 0.401 e. The van der Waals surface area contributed by atoms with E-state index in [1.165, 1.54) is 37.1 Å².